The summed E-state index contributed by atoms with van der Waals surface area (Å²) in [4.78, 5) is 27.2. The third-order valence-electron chi connectivity index (χ3n) is 6.24. The van der Waals surface area contributed by atoms with Crippen molar-refractivity contribution < 1.29 is 28.5 Å². The molecule has 184 valence electrons. The van der Waals surface area contributed by atoms with Crippen LogP contribution in [-0.4, -0.2) is 64.8 Å². The summed E-state index contributed by atoms with van der Waals surface area (Å²) >= 11 is 0. The number of nitrogens with one attached hydrogen (secondary N) is 1. The molecule has 0 aliphatic carbocycles. The fourth-order valence-corrected chi connectivity index (χ4v) is 4.15. The molecule has 0 unspecified atom stereocenters. The number of piperidine rings is 1. The lowest BCUT2D eigenvalue weighted by Crippen LogP contribution is -2.41. The Balaban J connectivity index is 1.42. The number of carbonyl (C=O) groups is 2. The van der Waals surface area contributed by atoms with E-state index in [4.69, 9.17) is 18.9 Å². The van der Waals surface area contributed by atoms with Crippen molar-refractivity contribution in [1.82, 2.24) is 10.2 Å². The molecule has 1 N–H and O–H groups in total. The smallest absolute Gasteiger partial charge is 0.251 e. The molecular weight excluding hydrogens is 436 g/mol. The fourth-order valence-electron chi connectivity index (χ4n) is 4.15. The minimum atomic E-state index is -0.144. The van der Waals surface area contributed by atoms with E-state index in [1.807, 2.05) is 23.1 Å². The molecule has 0 spiro atoms. The second-order valence-corrected chi connectivity index (χ2v) is 8.29. The van der Waals surface area contributed by atoms with E-state index in [-0.39, 0.29) is 11.8 Å². The van der Waals surface area contributed by atoms with E-state index in [1.54, 1.807) is 46.6 Å². The molecule has 8 nitrogen and oxygen atoms in total. The van der Waals surface area contributed by atoms with Crippen molar-refractivity contribution in [3.63, 3.8) is 0 Å². The summed E-state index contributed by atoms with van der Waals surface area (Å²) in [5.41, 5.74) is 1.57. The second-order valence-electron chi connectivity index (χ2n) is 8.29. The number of benzene rings is 2. The van der Waals surface area contributed by atoms with Crippen LogP contribution < -0.4 is 24.3 Å². The molecule has 3 rings (SSSR count). The van der Waals surface area contributed by atoms with Crippen LogP contribution in [0.15, 0.2) is 36.4 Å². The highest BCUT2D eigenvalue weighted by molar-refractivity contribution is 5.94. The van der Waals surface area contributed by atoms with Gasteiger partial charge < -0.3 is 29.2 Å². The average molecular weight is 471 g/mol. The molecule has 0 saturated carbocycles. The first kappa shape index (κ1) is 25.2. The van der Waals surface area contributed by atoms with Crippen molar-refractivity contribution in [2.75, 3.05) is 48.1 Å². The number of amides is 2. The van der Waals surface area contributed by atoms with Crippen molar-refractivity contribution in [2.45, 2.75) is 25.7 Å². The summed E-state index contributed by atoms with van der Waals surface area (Å²) in [5.74, 6) is 2.81. The van der Waals surface area contributed by atoms with Gasteiger partial charge in [-0.2, -0.15) is 0 Å². The highest BCUT2D eigenvalue weighted by Gasteiger charge is 2.23. The van der Waals surface area contributed by atoms with Crippen molar-refractivity contribution in [1.29, 1.82) is 0 Å². The first-order chi connectivity index (χ1) is 16.5. The van der Waals surface area contributed by atoms with E-state index in [0.717, 1.165) is 18.4 Å². The number of methoxy groups -OCH3 is 4. The minimum absolute atomic E-state index is 0.144. The van der Waals surface area contributed by atoms with Gasteiger partial charge in [-0.3, -0.25) is 9.59 Å². The van der Waals surface area contributed by atoms with Crippen LogP contribution in [0.5, 0.6) is 23.0 Å². The van der Waals surface area contributed by atoms with Gasteiger partial charge >= 0.3 is 0 Å². The summed E-state index contributed by atoms with van der Waals surface area (Å²) in [7, 11) is 6.31. The van der Waals surface area contributed by atoms with Gasteiger partial charge in [0.05, 0.1) is 28.4 Å². The Morgan fingerprint density at radius 1 is 0.853 bits per heavy atom. The van der Waals surface area contributed by atoms with Crippen LogP contribution in [0.4, 0.5) is 0 Å². The lowest BCUT2D eigenvalue weighted by atomic mass is 9.96. The predicted molar refractivity (Wildman–Crippen MR) is 129 cm³/mol. The van der Waals surface area contributed by atoms with Gasteiger partial charge in [0.25, 0.3) is 5.91 Å². The molecule has 0 bridgehead atoms. The zero-order valence-electron chi connectivity index (χ0n) is 20.4. The van der Waals surface area contributed by atoms with Crippen LogP contribution in [0.2, 0.25) is 0 Å². The van der Waals surface area contributed by atoms with Crippen molar-refractivity contribution >= 4 is 11.8 Å². The predicted octanol–water partition coefficient (Wildman–Crippen LogP) is 3.32. The van der Waals surface area contributed by atoms with Gasteiger partial charge in [0.15, 0.2) is 23.0 Å². The van der Waals surface area contributed by atoms with Gasteiger partial charge in [0.2, 0.25) is 5.91 Å². The average Bonchev–Trinajstić information content (AvgIpc) is 2.89. The van der Waals surface area contributed by atoms with Gasteiger partial charge in [0, 0.05) is 31.6 Å². The Morgan fingerprint density at radius 3 is 2.06 bits per heavy atom. The summed E-state index contributed by atoms with van der Waals surface area (Å²) < 4.78 is 21.1. The first-order valence-electron chi connectivity index (χ1n) is 11.5. The Hall–Kier alpha value is -3.42. The highest BCUT2D eigenvalue weighted by atomic mass is 16.5. The molecule has 1 aliphatic heterocycles. The highest BCUT2D eigenvalue weighted by Crippen LogP contribution is 2.29. The first-order valence-corrected chi connectivity index (χ1v) is 11.5. The van der Waals surface area contributed by atoms with Crippen LogP contribution in [0.25, 0.3) is 0 Å². The van der Waals surface area contributed by atoms with Crippen LogP contribution in [0.3, 0.4) is 0 Å². The summed E-state index contributed by atoms with van der Waals surface area (Å²) in [6, 6.07) is 10.9. The second kappa shape index (κ2) is 12.2. The van der Waals surface area contributed by atoms with E-state index in [1.165, 1.54) is 0 Å². The molecular formula is C26H34N2O6. The van der Waals surface area contributed by atoms with E-state index in [9.17, 15) is 9.59 Å². The molecule has 34 heavy (non-hydrogen) atoms. The number of likely N-dealkylation sites (tertiary alicyclic amines) is 1. The molecule has 1 heterocycles. The molecule has 1 aliphatic rings. The van der Waals surface area contributed by atoms with Crippen molar-refractivity contribution in [3.8, 4) is 23.0 Å². The van der Waals surface area contributed by atoms with Crippen molar-refractivity contribution in [3.05, 3.63) is 47.5 Å². The zero-order valence-corrected chi connectivity index (χ0v) is 20.4. The van der Waals surface area contributed by atoms with Crippen LogP contribution in [0, 0.1) is 5.92 Å². The molecule has 1 saturated heterocycles. The molecule has 2 aromatic rings. The maximum Gasteiger partial charge on any atom is 0.251 e. The molecule has 2 aromatic carbocycles. The zero-order chi connectivity index (χ0) is 24.5. The molecule has 8 heteroatoms. The number of nitrogens with zero attached hydrogens (tertiary/aromatic N) is 1. The normalized spacial score (nSPS) is 13.8. The van der Waals surface area contributed by atoms with Gasteiger partial charge in [-0.25, -0.2) is 0 Å². The number of rotatable bonds is 10. The third kappa shape index (κ3) is 6.34. The monoisotopic (exact) mass is 470 g/mol. The standard InChI is InChI=1S/C26H34N2O6/c1-31-21-8-5-18(15-23(21)33-3)6-10-25(29)28-13-11-19(12-14-28)17-27-26(30)20-7-9-22(32-2)24(16-20)34-4/h5,7-9,15-16,19H,6,10-14,17H2,1-4H3,(H,27,30). The van der Waals surface area contributed by atoms with Crippen molar-refractivity contribution in [2.24, 2.45) is 5.92 Å². The van der Waals surface area contributed by atoms with Gasteiger partial charge in [-0.15, -0.1) is 0 Å². The summed E-state index contributed by atoms with van der Waals surface area (Å²) in [6.45, 7) is 2.00. The number of carbonyl (C=O) groups excluding carboxylic acids is 2. The maximum absolute atomic E-state index is 12.7. The molecule has 1 fully saturated rings. The van der Waals surface area contributed by atoms with E-state index in [2.05, 4.69) is 5.32 Å². The summed E-state index contributed by atoms with van der Waals surface area (Å²) in [5, 5.41) is 3.01. The molecule has 2 amide bonds. The number of ether oxygens (including phenoxy) is 4. The van der Waals surface area contributed by atoms with Gasteiger partial charge in [-0.1, -0.05) is 6.07 Å². The number of hydrogen-bond donors (Lipinski definition) is 1. The van der Waals surface area contributed by atoms with Crippen LogP contribution >= 0.6 is 0 Å². The maximum atomic E-state index is 12.7. The quantitative estimate of drug-likeness (QED) is 0.573. The fraction of sp³-hybridized carbons (Fsp3) is 0.462. The molecule has 0 atom stereocenters. The topological polar surface area (TPSA) is 86.3 Å². The lowest BCUT2D eigenvalue weighted by molar-refractivity contribution is -0.132. The van der Waals surface area contributed by atoms with E-state index in [0.29, 0.717) is 67.0 Å². The van der Waals surface area contributed by atoms with E-state index < -0.39 is 0 Å². The summed E-state index contributed by atoms with van der Waals surface area (Å²) in [6.07, 6.45) is 2.85. The molecule has 0 aromatic heterocycles. The minimum Gasteiger partial charge on any atom is -0.493 e. The lowest BCUT2D eigenvalue weighted by Gasteiger charge is -2.32. The number of hydrogen-bond acceptors (Lipinski definition) is 6. The Morgan fingerprint density at radius 2 is 1.44 bits per heavy atom. The Labute approximate surface area is 201 Å². The van der Waals surface area contributed by atoms with Gasteiger partial charge in [0.1, 0.15) is 0 Å². The van der Waals surface area contributed by atoms with Gasteiger partial charge in [-0.05, 0) is 61.1 Å². The van der Waals surface area contributed by atoms with Crippen LogP contribution in [-0.2, 0) is 11.2 Å². The molecule has 0 radical (unpaired) electrons. The largest absolute Gasteiger partial charge is 0.493 e. The van der Waals surface area contributed by atoms with E-state index >= 15 is 0 Å². The Kier molecular flexibility index (Phi) is 9.01. The Bertz CT molecular complexity index is 985. The number of aryl methyl sites for hydroxylation is 1. The SMILES string of the molecule is COc1ccc(CCC(=O)N2CCC(CNC(=O)c3ccc(OC)c(OC)c3)CC2)cc1OC. The third-order valence-corrected chi connectivity index (χ3v) is 6.24. The van der Waals surface area contributed by atoms with Crippen LogP contribution in [0.1, 0.15) is 35.2 Å².